The molecule has 0 bridgehead atoms. The molecule has 3 atom stereocenters. The van der Waals surface area contributed by atoms with E-state index in [1.807, 2.05) is 25.4 Å². The molecule has 122 valence electrons. The maximum absolute atomic E-state index is 5.51. The Balaban J connectivity index is 1.55. The van der Waals surface area contributed by atoms with Gasteiger partial charge in [0.2, 0.25) is 0 Å². The number of nitrogens with one attached hydrogen (secondary N) is 1. The van der Waals surface area contributed by atoms with Crippen molar-refractivity contribution in [3.05, 3.63) is 24.0 Å². The lowest BCUT2D eigenvalue weighted by atomic mass is 10.1. The maximum atomic E-state index is 5.51. The molecular formula is C17H27N3O2. The SMILES string of the molecule is COc1ccnc(CN[C@@H]2CCC[C@@H]2N2CCC(OC)C2)c1. The first-order valence-corrected chi connectivity index (χ1v) is 8.29. The predicted molar refractivity (Wildman–Crippen MR) is 86.0 cm³/mol. The third kappa shape index (κ3) is 3.59. The van der Waals surface area contributed by atoms with Gasteiger partial charge in [-0.05, 0) is 25.3 Å². The maximum Gasteiger partial charge on any atom is 0.122 e. The van der Waals surface area contributed by atoms with Crippen LogP contribution in [0.25, 0.3) is 0 Å². The molecule has 1 unspecified atom stereocenters. The Morgan fingerprint density at radius 3 is 3.00 bits per heavy atom. The molecule has 1 aliphatic carbocycles. The molecule has 0 radical (unpaired) electrons. The van der Waals surface area contributed by atoms with Crippen molar-refractivity contribution in [1.82, 2.24) is 15.2 Å². The van der Waals surface area contributed by atoms with Gasteiger partial charge in [0, 0.05) is 51.1 Å². The molecule has 3 rings (SSSR count). The molecule has 0 spiro atoms. The number of nitrogens with zero attached hydrogens (tertiary/aromatic N) is 2. The molecule has 1 aliphatic heterocycles. The topological polar surface area (TPSA) is 46.6 Å². The Morgan fingerprint density at radius 2 is 2.23 bits per heavy atom. The number of aromatic nitrogens is 1. The first-order chi connectivity index (χ1) is 10.8. The van der Waals surface area contributed by atoms with Crippen LogP contribution in [-0.2, 0) is 11.3 Å². The van der Waals surface area contributed by atoms with Gasteiger partial charge in [-0.25, -0.2) is 0 Å². The minimum absolute atomic E-state index is 0.418. The summed E-state index contributed by atoms with van der Waals surface area (Å²) in [4.78, 5) is 7.03. The van der Waals surface area contributed by atoms with Gasteiger partial charge in [-0.3, -0.25) is 9.88 Å². The van der Waals surface area contributed by atoms with Gasteiger partial charge < -0.3 is 14.8 Å². The highest BCUT2D eigenvalue weighted by molar-refractivity contribution is 5.22. The first-order valence-electron chi connectivity index (χ1n) is 8.29. The Bertz CT molecular complexity index is 483. The van der Waals surface area contributed by atoms with Gasteiger partial charge in [0.1, 0.15) is 5.75 Å². The van der Waals surface area contributed by atoms with E-state index in [0.717, 1.165) is 31.0 Å². The van der Waals surface area contributed by atoms with Crippen molar-refractivity contribution in [2.24, 2.45) is 0 Å². The molecule has 5 heteroatoms. The summed E-state index contributed by atoms with van der Waals surface area (Å²) in [6.07, 6.45) is 7.24. The fraction of sp³-hybridized carbons (Fsp3) is 0.706. The normalized spacial score (nSPS) is 29.1. The zero-order valence-corrected chi connectivity index (χ0v) is 13.6. The Hall–Kier alpha value is -1.17. The van der Waals surface area contributed by atoms with E-state index in [2.05, 4.69) is 15.2 Å². The molecule has 1 saturated carbocycles. The number of rotatable bonds is 6. The van der Waals surface area contributed by atoms with Crippen molar-refractivity contribution in [2.45, 2.75) is 50.4 Å². The van der Waals surface area contributed by atoms with E-state index in [0.29, 0.717) is 18.2 Å². The van der Waals surface area contributed by atoms with Gasteiger partial charge in [-0.15, -0.1) is 0 Å². The molecular weight excluding hydrogens is 278 g/mol. The summed E-state index contributed by atoms with van der Waals surface area (Å²) in [5, 5.41) is 3.71. The molecule has 1 aromatic heterocycles. The summed E-state index contributed by atoms with van der Waals surface area (Å²) in [6.45, 7) is 3.05. The number of pyridine rings is 1. The van der Waals surface area contributed by atoms with Crippen LogP contribution in [0.3, 0.4) is 0 Å². The van der Waals surface area contributed by atoms with Gasteiger partial charge in [-0.2, -0.15) is 0 Å². The van der Waals surface area contributed by atoms with E-state index in [-0.39, 0.29) is 0 Å². The summed E-state index contributed by atoms with van der Waals surface area (Å²) in [5.74, 6) is 0.872. The van der Waals surface area contributed by atoms with Gasteiger partial charge >= 0.3 is 0 Å². The molecule has 2 fully saturated rings. The third-order valence-corrected chi connectivity index (χ3v) is 5.03. The highest BCUT2D eigenvalue weighted by Gasteiger charge is 2.35. The average Bonchev–Trinajstić information content (AvgIpc) is 3.21. The van der Waals surface area contributed by atoms with Gasteiger partial charge in [0.05, 0.1) is 18.9 Å². The van der Waals surface area contributed by atoms with Crippen molar-refractivity contribution in [1.29, 1.82) is 0 Å². The molecule has 1 aromatic rings. The fourth-order valence-electron chi connectivity index (χ4n) is 3.78. The molecule has 2 aliphatic rings. The second kappa shape index (κ2) is 7.40. The largest absolute Gasteiger partial charge is 0.497 e. The molecule has 2 heterocycles. The van der Waals surface area contributed by atoms with E-state index >= 15 is 0 Å². The highest BCUT2D eigenvalue weighted by Crippen LogP contribution is 2.28. The summed E-state index contributed by atoms with van der Waals surface area (Å²) in [7, 11) is 3.52. The average molecular weight is 305 g/mol. The van der Waals surface area contributed by atoms with E-state index in [1.165, 1.54) is 25.8 Å². The number of likely N-dealkylation sites (tertiary alicyclic amines) is 1. The van der Waals surface area contributed by atoms with Gasteiger partial charge in [0.25, 0.3) is 0 Å². The number of methoxy groups -OCH3 is 2. The van der Waals surface area contributed by atoms with E-state index in [9.17, 15) is 0 Å². The van der Waals surface area contributed by atoms with Crippen LogP contribution in [0.5, 0.6) is 5.75 Å². The van der Waals surface area contributed by atoms with E-state index in [4.69, 9.17) is 9.47 Å². The molecule has 0 aromatic carbocycles. The zero-order chi connectivity index (χ0) is 15.4. The van der Waals surface area contributed by atoms with Crippen LogP contribution in [0.4, 0.5) is 0 Å². The number of hydrogen-bond acceptors (Lipinski definition) is 5. The lowest BCUT2D eigenvalue weighted by Gasteiger charge is -2.30. The summed E-state index contributed by atoms with van der Waals surface area (Å²) >= 11 is 0. The second-order valence-electron chi connectivity index (χ2n) is 6.31. The Morgan fingerprint density at radius 1 is 1.32 bits per heavy atom. The van der Waals surface area contributed by atoms with Crippen LogP contribution in [-0.4, -0.2) is 55.4 Å². The zero-order valence-electron chi connectivity index (χ0n) is 13.6. The van der Waals surface area contributed by atoms with Crippen LogP contribution in [0.1, 0.15) is 31.4 Å². The van der Waals surface area contributed by atoms with Crippen molar-refractivity contribution in [3.8, 4) is 5.75 Å². The molecule has 0 amide bonds. The first kappa shape index (κ1) is 15.7. The molecule has 1 N–H and O–H groups in total. The standard InChI is InChI=1S/C17H27N3O2/c1-21-14-6-8-18-13(10-14)11-19-16-4-3-5-17(16)20-9-7-15(12-20)22-2/h6,8,10,15-17,19H,3-5,7,9,11-12H2,1-2H3/t15?,16-,17+/m1/s1. The van der Waals surface area contributed by atoms with Gasteiger partial charge in [-0.1, -0.05) is 6.42 Å². The van der Waals surface area contributed by atoms with Crippen molar-refractivity contribution < 1.29 is 9.47 Å². The van der Waals surface area contributed by atoms with Gasteiger partial charge in [0.15, 0.2) is 0 Å². The number of hydrogen-bond donors (Lipinski definition) is 1. The lowest BCUT2D eigenvalue weighted by molar-refractivity contribution is 0.0979. The van der Waals surface area contributed by atoms with Crippen molar-refractivity contribution in [3.63, 3.8) is 0 Å². The third-order valence-electron chi connectivity index (χ3n) is 5.03. The van der Waals surface area contributed by atoms with E-state index < -0.39 is 0 Å². The minimum atomic E-state index is 0.418. The summed E-state index contributed by atoms with van der Waals surface area (Å²) in [5.41, 5.74) is 1.04. The van der Waals surface area contributed by atoms with Crippen LogP contribution >= 0.6 is 0 Å². The van der Waals surface area contributed by atoms with Crippen molar-refractivity contribution in [2.75, 3.05) is 27.3 Å². The molecule has 22 heavy (non-hydrogen) atoms. The second-order valence-corrected chi connectivity index (χ2v) is 6.31. The Kier molecular flexibility index (Phi) is 5.28. The summed E-state index contributed by atoms with van der Waals surface area (Å²) in [6, 6.07) is 5.10. The van der Waals surface area contributed by atoms with Crippen LogP contribution in [0, 0.1) is 0 Å². The fourth-order valence-corrected chi connectivity index (χ4v) is 3.78. The lowest BCUT2D eigenvalue weighted by Crippen LogP contribution is -2.46. The quantitative estimate of drug-likeness (QED) is 0.869. The van der Waals surface area contributed by atoms with Crippen LogP contribution < -0.4 is 10.1 Å². The number of ether oxygens (including phenoxy) is 2. The predicted octanol–water partition coefficient (Wildman–Crippen LogP) is 1.82. The van der Waals surface area contributed by atoms with E-state index in [1.54, 1.807) is 7.11 Å². The minimum Gasteiger partial charge on any atom is -0.497 e. The van der Waals surface area contributed by atoms with Crippen molar-refractivity contribution >= 4 is 0 Å². The molecule has 5 nitrogen and oxygen atoms in total. The highest BCUT2D eigenvalue weighted by atomic mass is 16.5. The Labute approximate surface area is 133 Å². The monoisotopic (exact) mass is 305 g/mol. The summed E-state index contributed by atoms with van der Waals surface area (Å²) < 4.78 is 10.8. The van der Waals surface area contributed by atoms with Crippen LogP contribution in [0.2, 0.25) is 0 Å². The van der Waals surface area contributed by atoms with Crippen LogP contribution in [0.15, 0.2) is 18.3 Å². The molecule has 1 saturated heterocycles. The smallest absolute Gasteiger partial charge is 0.122 e.